The SMILES string of the molecule is CC(C)CNC(=O)[C@H]1C[C@@H]2CN(Cc3ccccc3F)C[C@H]1O2. The first-order valence-electron chi connectivity index (χ1n) is 8.42. The Morgan fingerprint density at radius 2 is 2.17 bits per heavy atom. The van der Waals surface area contributed by atoms with Crippen LogP contribution < -0.4 is 5.32 Å². The molecule has 23 heavy (non-hydrogen) atoms. The molecular formula is C18H25FN2O2. The predicted octanol–water partition coefficient (Wildman–Crippen LogP) is 2.19. The van der Waals surface area contributed by atoms with Crippen LogP contribution in [0.5, 0.6) is 0 Å². The monoisotopic (exact) mass is 320 g/mol. The average Bonchev–Trinajstić information content (AvgIpc) is 2.82. The summed E-state index contributed by atoms with van der Waals surface area (Å²) in [5, 5.41) is 3.01. The first kappa shape index (κ1) is 16.4. The number of fused-ring (bicyclic) bond motifs is 2. The Labute approximate surface area is 137 Å². The standard InChI is InChI=1S/C18H25FN2O2/c1-12(2)8-20-18(22)15-7-14-10-21(11-17(15)23-14)9-13-5-3-4-6-16(13)19/h3-6,12,14-15,17H,7-11H2,1-2H3,(H,20,22)/t14-,15+,17-/m1/s1. The van der Waals surface area contributed by atoms with E-state index in [0.717, 1.165) is 13.0 Å². The van der Waals surface area contributed by atoms with E-state index in [4.69, 9.17) is 4.74 Å². The van der Waals surface area contributed by atoms with Crippen molar-refractivity contribution in [3.8, 4) is 0 Å². The lowest BCUT2D eigenvalue weighted by molar-refractivity contribution is -0.128. The maximum atomic E-state index is 13.8. The van der Waals surface area contributed by atoms with Gasteiger partial charge in [0.15, 0.2) is 0 Å². The topological polar surface area (TPSA) is 41.6 Å². The highest BCUT2D eigenvalue weighted by Crippen LogP contribution is 2.32. The molecule has 1 amide bonds. The number of amides is 1. The zero-order valence-electron chi connectivity index (χ0n) is 13.8. The Hall–Kier alpha value is -1.46. The van der Waals surface area contributed by atoms with Crippen LogP contribution >= 0.6 is 0 Å². The number of halogens is 1. The first-order valence-corrected chi connectivity index (χ1v) is 8.42. The third-order valence-electron chi connectivity index (χ3n) is 4.61. The maximum absolute atomic E-state index is 13.8. The fourth-order valence-electron chi connectivity index (χ4n) is 3.45. The summed E-state index contributed by atoms with van der Waals surface area (Å²) in [4.78, 5) is 14.5. The molecule has 2 fully saturated rings. The van der Waals surface area contributed by atoms with Crippen molar-refractivity contribution in [1.29, 1.82) is 0 Å². The molecule has 1 N–H and O–H groups in total. The Balaban J connectivity index is 1.59. The minimum atomic E-state index is -0.169. The van der Waals surface area contributed by atoms with E-state index in [-0.39, 0.29) is 29.9 Å². The van der Waals surface area contributed by atoms with E-state index in [1.54, 1.807) is 6.07 Å². The van der Waals surface area contributed by atoms with Gasteiger partial charge in [0, 0.05) is 31.7 Å². The van der Waals surface area contributed by atoms with Gasteiger partial charge in [-0.25, -0.2) is 4.39 Å². The predicted molar refractivity (Wildman–Crippen MR) is 86.3 cm³/mol. The van der Waals surface area contributed by atoms with E-state index in [2.05, 4.69) is 24.1 Å². The minimum absolute atomic E-state index is 0.0762. The zero-order valence-corrected chi connectivity index (χ0v) is 13.8. The minimum Gasteiger partial charge on any atom is -0.371 e. The lowest BCUT2D eigenvalue weighted by Crippen LogP contribution is -2.45. The van der Waals surface area contributed by atoms with Gasteiger partial charge in [0.2, 0.25) is 5.91 Å². The molecule has 2 bridgehead atoms. The van der Waals surface area contributed by atoms with Crippen molar-refractivity contribution >= 4 is 5.91 Å². The molecule has 0 unspecified atom stereocenters. The van der Waals surface area contributed by atoms with Crippen LogP contribution in [0, 0.1) is 17.7 Å². The quantitative estimate of drug-likeness (QED) is 0.904. The summed E-state index contributed by atoms with van der Waals surface area (Å²) in [5.74, 6) is 0.291. The average molecular weight is 320 g/mol. The largest absolute Gasteiger partial charge is 0.371 e. The van der Waals surface area contributed by atoms with Crippen molar-refractivity contribution in [2.45, 2.75) is 39.0 Å². The molecular weight excluding hydrogens is 295 g/mol. The number of benzene rings is 1. The van der Waals surface area contributed by atoms with Crippen LogP contribution in [0.25, 0.3) is 0 Å². The molecule has 0 aliphatic carbocycles. The van der Waals surface area contributed by atoms with E-state index in [9.17, 15) is 9.18 Å². The second kappa shape index (κ2) is 6.97. The van der Waals surface area contributed by atoms with Gasteiger partial charge in [-0.1, -0.05) is 32.0 Å². The van der Waals surface area contributed by atoms with Gasteiger partial charge in [0.1, 0.15) is 5.82 Å². The van der Waals surface area contributed by atoms with Crippen LogP contribution in [0.15, 0.2) is 24.3 Å². The van der Waals surface area contributed by atoms with Crippen molar-refractivity contribution in [2.24, 2.45) is 11.8 Å². The molecule has 4 nitrogen and oxygen atoms in total. The molecule has 0 saturated carbocycles. The summed E-state index contributed by atoms with van der Waals surface area (Å²) in [6.45, 7) is 6.89. The second-order valence-corrected chi connectivity index (χ2v) is 7.06. The molecule has 2 saturated heterocycles. The van der Waals surface area contributed by atoms with Gasteiger partial charge in [-0.15, -0.1) is 0 Å². The number of hydrogen-bond donors (Lipinski definition) is 1. The van der Waals surface area contributed by atoms with Gasteiger partial charge in [-0.05, 0) is 18.4 Å². The summed E-state index contributed by atoms with van der Waals surface area (Å²) in [6.07, 6.45) is 0.769. The molecule has 1 aromatic rings. The van der Waals surface area contributed by atoms with Crippen molar-refractivity contribution in [3.63, 3.8) is 0 Å². The second-order valence-electron chi connectivity index (χ2n) is 7.06. The van der Waals surface area contributed by atoms with Crippen LogP contribution in [0.4, 0.5) is 4.39 Å². The van der Waals surface area contributed by atoms with Crippen molar-refractivity contribution in [2.75, 3.05) is 19.6 Å². The number of nitrogens with one attached hydrogen (secondary N) is 1. The zero-order chi connectivity index (χ0) is 16.4. The van der Waals surface area contributed by atoms with Gasteiger partial charge >= 0.3 is 0 Å². The van der Waals surface area contributed by atoms with Gasteiger partial charge in [-0.3, -0.25) is 9.69 Å². The summed E-state index contributed by atoms with van der Waals surface area (Å²) < 4.78 is 19.8. The maximum Gasteiger partial charge on any atom is 0.225 e. The number of morpholine rings is 1. The number of carbonyl (C=O) groups is 1. The highest BCUT2D eigenvalue weighted by atomic mass is 19.1. The summed E-state index contributed by atoms with van der Waals surface area (Å²) in [5.41, 5.74) is 0.703. The molecule has 3 atom stereocenters. The summed E-state index contributed by atoms with van der Waals surface area (Å²) in [7, 11) is 0. The third-order valence-corrected chi connectivity index (χ3v) is 4.61. The first-order chi connectivity index (χ1) is 11.0. The Bertz CT molecular complexity index is 564. The Morgan fingerprint density at radius 3 is 2.91 bits per heavy atom. The molecule has 5 heteroatoms. The number of nitrogens with zero attached hydrogens (tertiary/aromatic N) is 1. The van der Waals surface area contributed by atoms with Gasteiger partial charge in [-0.2, -0.15) is 0 Å². The fraction of sp³-hybridized carbons (Fsp3) is 0.611. The Kier molecular flexibility index (Phi) is 4.97. The van der Waals surface area contributed by atoms with Crippen LogP contribution in [-0.4, -0.2) is 42.6 Å². The molecule has 0 aromatic heterocycles. The molecule has 2 heterocycles. The molecule has 0 spiro atoms. The highest BCUT2D eigenvalue weighted by Gasteiger charge is 2.44. The van der Waals surface area contributed by atoms with Crippen molar-refractivity contribution in [3.05, 3.63) is 35.6 Å². The number of carbonyl (C=O) groups excluding carboxylic acids is 1. The van der Waals surface area contributed by atoms with Crippen LogP contribution in [0.3, 0.4) is 0 Å². The van der Waals surface area contributed by atoms with E-state index < -0.39 is 0 Å². The van der Waals surface area contributed by atoms with Gasteiger partial charge in [0.05, 0.1) is 18.1 Å². The van der Waals surface area contributed by atoms with Crippen molar-refractivity contribution < 1.29 is 13.9 Å². The van der Waals surface area contributed by atoms with Crippen molar-refractivity contribution in [1.82, 2.24) is 10.2 Å². The van der Waals surface area contributed by atoms with Crippen LogP contribution in [-0.2, 0) is 16.1 Å². The molecule has 0 radical (unpaired) electrons. The number of hydrogen-bond acceptors (Lipinski definition) is 3. The molecule has 126 valence electrons. The molecule has 2 aliphatic heterocycles. The van der Waals surface area contributed by atoms with Gasteiger partial charge < -0.3 is 10.1 Å². The normalized spacial score (nSPS) is 27.4. The van der Waals surface area contributed by atoms with E-state index >= 15 is 0 Å². The highest BCUT2D eigenvalue weighted by molar-refractivity contribution is 5.79. The lowest BCUT2D eigenvalue weighted by atomic mass is 9.99. The smallest absolute Gasteiger partial charge is 0.225 e. The summed E-state index contributed by atoms with van der Waals surface area (Å²) in [6, 6.07) is 6.87. The number of rotatable bonds is 5. The van der Waals surface area contributed by atoms with E-state index in [1.807, 2.05) is 12.1 Å². The number of likely N-dealkylation sites (tertiary alicyclic amines) is 1. The lowest BCUT2D eigenvalue weighted by Gasteiger charge is -2.32. The fourth-order valence-corrected chi connectivity index (χ4v) is 3.45. The molecule has 3 rings (SSSR count). The molecule has 2 aliphatic rings. The summed E-state index contributed by atoms with van der Waals surface area (Å²) >= 11 is 0. The van der Waals surface area contributed by atoms with Crippen LogP contribution in [0.2, 0.25) is 0 Å². The third kappa shape index (κ3) is 3.90. The van der Waals surface area contributed by atoms with E-state index in [0.29, 0.717) is 31.1 Å². The van der Waals surface area contributed by atoms with Gasteiger partial charge in [0.25, 0.3) is 0 Å². The van der Waals surface area contributed by atoms with E-state index in [1.165, 1.54) is 6.07 Å². The van der Waals surface area contributed by atoms with Crippen LogP contribution in [0.1, 0.15) is 25.8 Å². The number of ether oxygens (including phenoxy) is 1. The Morgan fingerprint density at radius 1 is 1.39 bits per heavy atom. The molecule has 1 aromatic carbocycles.